The van der Waals surface area contributed by atoms with Gasteiger partial charge in [0.25, 0.3) is 5.91 Å². The Hall–Kier alpha value is -2.63. The molecule has 0 spiro atoms. The van der Waals surface area contributed by atoms with Gasteiger partial charge in [0.2, 0.25) is 0 Å². The van der Waals surface area contributed by atoms with Gasteiger partial charge in [0.1, 0.15) is 11.5 Å². The minimum atomic E-state index is -0.352. The van der Waals surface area contributed by atoms with Crippen LogP contribution in [-0.2, 0) is 6.54 Å². The molecule has 1 aromatic heterocycles. The molecule has 3 aromatic rings. The van der Waals surface area contributed by atoms with Crippen LogP contribution < -0.4 is 10.6 Å². The lowest BCUT2D eigenvalue weighted by Gasteiger charge is -2.08. The number of carbonyl (C=O) groups is 1. The summed E-state index contributed by atoms with van der Waals surface area (Å²) in [6, 6.07) is 12.9. The van der Waals surface area contributed by atoms with Crippen LogP contribution in [0.5, 0.6) is 0 Å². The molecule has 2 aromatic carbocycles. The number of nitrogens with zero attached hydrogens (tertiary/aromatic N) is 2. The molecule has 0 unspecified atom stereocenters. The summed E-state index contributed by atoms with van der Waals surface area (Å²) in [5.74, 6) is 0.204. The van der Waals surface area contributed by atoms with Gasteiger partial charge in [-0.3, -0.25) is 4.79 Å². The third-order valence-electron chi connectivity index (χ3n) is 3.73. The molecule has 26 heavy (non-hydrogen) atoms. The first kappa shape index (κ1) is 18.2. The zero-order valence-electron chi connectivity index (χ0n) is 14.0. The highest BCUT2D eigenvalue weighted by Gasteiger charge is 2.09. The summed E-state index contributed by atoms with van der Waals surface area (Å²) in [6.45, 7) is 2.41. The molecule has 2 N–H and O–H groups in total. The SMILES string of the molecule is Cc1ccc(NC(=O)c2cnc(NCc3ccccc3Cl)cn2)cc1Cl. The van der Waals surface area contributed by atoms with Crippen LogP contribution in [0.25, 0.3) is 0 Å². The van der Waals surface area contributed by atoms with Crippen LogP contribution in [0.4, 0.5) is 11.5 Å². The van der Waals surface area contributed by atoms with Gasteiger partial charge in [0.15, 0.2) is 0 Å². The maximum absolute atomic E-state index is 12.3. The second kappa shape index (κ2) is 8.17. The van der Waals surface area contributed by atoms with Crippen LogP contribution in [0.3, 0.4) is 0 Å². The van der Waals surface area contributed by atoms with Gasteiger partial charge in [-0.05, 0) is 36.2 Å². The van der Waals surface area contributed by atoms with Crippen LogP contribution in [0.15, 0.2) is 54.9 Å². The van der Waals surface area contributed by atoms with Crippen LogP contribution >= 0.6 is 23.2 Å². The van der Waals surface area contributed by atoms with Gasteiger partial charge in [-0.1, -0.05) is 47.5 Å². The van der Waals surface area contributed by atoms with Crippen LogP contribution in [0.1, 0.15) is 21.6 Å². The lowest BCUT2D eigenvalue weighted by molar-refractivity contribution is 0.102. The topological polar surface area (TPSA) is 66.9 Å². The molecule has 0 saturated heterocycles. The molecule has 0 aliphatic heterocycles. The van der Waals surface area contributed by atoms with Crippen molar-refractivity contribution in [2.24, 2.45) is 0 Å². The highest BCUT2D eigenvalue weighted by molar-refractivity contribution is 6.31. The molecule has 0 bridgehead atoms. The lowest BCUT2D eigenvalue weighted by Crippen LogP contribution is -2.14. The van der Waals surface area contributed by atoms with E-state index in [1.54, 1.807) is 12.1 Å². The Morgan fingerprint density at radius 2 is 1.85 bits per heavy atom. The van der Waals surface area contributed by atoms with Crippen molar-refractivity contribution < 1.29 is 4.79 Å². The smallest absolute Gasteiger partial charge is 0.275 e. The van der Waals surface area contributed by atoms with E-state index in [1.165, 1.54) is 12.4 Å². The number of rotatable bonds is 5. The van der Waals surface area contributed by atoms with Crippen molar-refractivity contribution in [1.29, 1.82) is 0 Å². The van der Waals surface area contributed by atoms with Gasteiger partial charge in [-0.25, -0.2) is 9.97 Å². The number of halogens is 2. The summed E-state index contributed by atoms with van der Waals surface area (Å²) in [7, 11) is 0. The molecule has 0 aliphatic rings. The third-order valence-corrected chi connectivity index (χ3v) is 4.51. The molecule has 132 valence electrons. The minimum absolute atomic E-state index is 0.213. The van der Waals surface area contributed by atoms with Gasteiger partial charge in [0.05, 0.1) is 12.4 Å². The fraction of sp³-hybridized carbons (Fsp3) is 0.105. The van der Waals surface area contributed by atoms with Crippen molar-refractivity contribution in [2.45, 2.75) is 13.5 Å². The van der Waals surface area contributed by atoms with Gasteiger partial charge in [-0.2, -0.15) is 0 Å². The maximum atomic E-state index is 12.3. The van der Waals surface area contributed by atoms with E-state index < -0.39 is 0 Å². The summed E-state index contributed by atoms with van der Waals surface area (Å²) in [5.41, 5.74) is 2.71. The number of aryl methyl sites for hydroxylation is 1. The Balaban J connectivity index is 1.62. The van der Waals surface area contributed by atoms with Crippen LogP contribution in [0.2, 0.25) is 10.0 Å². The van der Waals surface area contributed by atoms with E-state index in [0.29, 0.717) is 28.1 Å². The Morgan fingerprint density at radius 3 is 2.54 bits per heavy atom. The van der Waals surface area contributed by atoms with Gasteiger partial charge in [-0.15, -0.1) is 0 Å². The molecule has 1 amide bonds. The minimum Gasteiger partial charge on any atom is -0.365 e. The lowest BCUT2D eigenvalue weighted by atomic mass is 10.2. The number of hydrogen-bond donors (Lipinski definition) is 2. The van der Waals surface area contributed by atoms with E-state index in [2.05, 4.69) is 20.6 Å². The Kier molecular flexibility index (Phi) is 5.71. The maximum Gasteiger partial charge on any atom is 0.275 e. The zero-order chi connectivity index (χ0) is 18.5. The molecule has 5 nitrogen and oxygen atoms in total. The molecular weight excluding hydrogens is 371 g/mol. The Labute approximate surface area is 161 Å². The van der Waals surface area contributed by atoms with Gasteiger partial charge >= 0.3 is 0 Å². The predicted molar refractivity (Wildman–Crippen MR) is 105 cm³/mol. The quantitative estimate of drug-likeness (QED) is 0.650. The standard InChI is InChI=1S/C19H16Cl2N4O/c1-12-6-7-14(8-16(12)21)25-19(26)17-10-24-18(11-22-17)23-9-13-4-2-3-5-15(13)20/h2-8,10-11H,9H2,1H3,(H,23,24)(H,25,26). The predicted octanol–water partition coefficient (Wildman–Crippen LogP) is 4.96. The van der Waals surface area contributed by atoms with Crippen molar-refractivity contribution in [1.82, 2.24) is 9.97 Å². The molecule has 0 atom stereocenters. The van der Waals surface area contributed by atoms with Crippen LogP contribution in [-0.4, -0.2) is 15.9 Å². The van der Waals surface area contributed by atoms with Crippen molar-refractivity contribution in [3.63, 3.8) is 0 Å². The molecular formula is C19H16Cl2N4O. The van der Waals surface area contributed by atoms with Crippen molar-refractivity contribution in [2.75, 3.05) is 10.6 Å². The van der Waals surface area contributed by atoms with E-state index >= 15 is 0 Å². The fourth-order valence-corrected chi connectivity index (χ4v) is 2.61. The number of nitrogens with one attached hydrogen (secondary N) is 2. The highest BCUT2D eigenvalue weighted by Crippen LogP contribution is 2.20. The number of carbonyl (C=O) groups excluding carboxylic acids is 1. The summed E-state index contributed by atoms with van der Waals surface area (Å²) >= 11 is 12.2. The van der Waals surface area contributed by atoms with Crippen LogP contribution in [0, 0.1) is 6.92 Å². The molecule has 1 heterocycles. The van der Waals surface area contributed by atoms with E-state index in [-0.39, 0.29) is 11.6 Å². The largest absolute Gasteiger partial charge is 0.365 e. The highest BCUT2D eigenvalue weighted by atomic mass is 35.5. The number of hydrogen-bond acceptors (Lipinski definition) is 4. The fourth-order valence-electron chi connectivity index (χ4n) is 2.23. The summed E-state index contributed by atoms with van der Waals surface area (Å²) in [6.07, 6.45) is 2.92. The molecule has 7 heteroatoms. The molecule has 3 rings (SSSR count). The van der Waals surface area contributed by atoms with E-state index in [9.17, 15) is 4.79 Å². The monoisotopic (exact) mass is 386 g/mol. The summed E-state index contributed by atoms with van der Waals surface area (Å²) < 4.78 is 0. The summed E-state index contributed by atoms with van der Waals surface area (Å²) in [5, 5.41) is 7.14. The number of benzene rings is 2. The van der Waals surface area contributed by atoms with Crippen molar-refractivity contribution in [3.05, 3.63) is 81.7 Å². The van der Waals surface area contributed by atoms with E-state index in [4.69, 9.17) is 23.2 Å². The summed E-state index contributed by atoms with van der Waals surface area (Å²) in [4.78, 5) is 20.6. The molecule has 0 fully saturated rings. The third kappa shape index (κ3) is 4.50. The Bertz CT molecular complexity index is 929. The first-order valence-electron chi connectivity index (χ1n) is 7.90. The second-order valence-electron chi connectivity index (χ2n) is 5.65. The molecule has 0 radical (unpaired) electrons. The first-order valence-corrected chi connectivity index (χ1v) is 8.65. The van der Waals surface area contributed by atoms with E-state index in [0.717, 1.165) is 11.1 Å². The average molecular weight is 387 g/mol. The Morgan fingerprint density at radius 1 is 1.04 bits per heavy atom. The van der Waals surface area contributed by atoms with Gasteiger partial charge < -0.3 is 10.6 Å². The average Bonchev–Trinajstić information content (AvgIpc) is 2.64. The number of anilines is 2. The van der Waals surface area contributed by atoms with Crippen molar-refractivity contribution >= 4 is 40.6 Å². The zero-order valence-corrected chi connectivity index (χ0v) is 15.5. The molecule has 0 saturated carbocycles. The first-order chi connectivity index (χ1) is 12.5. The number of amides is 1. The molecule has 0 aliphatic carbocycles. The van der Waals surface area contributed by atoms with Gasteiger partial charge in [0, 0.05) is 22.3 Å². The van der Waals surface area contributed by atoms with E-state index in [1.807, 2.05) is 37.3 Å². The van der Waals surface area contributed by atoms with Crippen molar-refractivity contribution in [3.8, 4) is 0 Å². The number of aromatic nitrogens is 2. The normalized spacial score (nSPS) is 10.4. The second-order valence-corrected chi connectivity index (χ2v) is 6.46.